The molecule has 0 N–H and O–H groups in total. The average Bonchev–Trinajstić information content (AvgIpc) is 3.93. The molecule has 0 aliphatic carbocycles. The van der Waals surface area contributed by atoms with Crippen LogP contribution in [0, 0.1) is 0 Å². The van der Waals surface area contributed by atoms with Crippen LogP contribution in [0.2, 0.25) is 0 Å². The van der Waals surface area contributed by atoms with Crippen LogP contribution in [0.1, 0.15) is 0 Å². The van der Waals surface area contributed by atoms with E-state index in [4.69, 9.17) is 19.4 Å². The fourth-order valence-electron chi connectivity index (χ4n) is 8.75. The Labute approximate surface area is 362 Å². The topological polar surface area (TPSA) is 51.8 Å². The zero-order valence-corrected chi connectivity index (χ0v) is 34.2. The minimum atomic E-state index is 0.576. The Kier molecular flexibility index (Phi) is 8.65. The lowest BCUT2D eigenvalue weighted by Gasteiger charge is -2.14. The van der Waals surface area contributed by atoms with E-state index in [1.165, 1.54) is 36.9 Å². The Hall–Kier alpha value is -7.99. The Balaban J connectivity index is 1.05. The number of furan rings is 1. The number of nitrogens with zero attached hydrogens (tertiary/aromatic N) is 3. The van der Waals surface area contributed by atoms with Gasteiger partial charge in [0.2, 0.25) is 0 Å². The summed E-state index contributed by atoms with van der Waals surface area (Å²) in [4.78, 5) is 15.6. The zero-order valence-electron chi connectivity index (χ0n) is 33.4. The largest absolute Gasteiger partial charge is 0.456 e. The number of para-hydroxylation sites is 1. The van der Waals surface area contributed by atoms with Crippen molar-refractivity contribution < 1.29 is 4.42 Å². The van der Waals surface area contributed by atoms with Crippen LogP contribution in [-0.2, 0) is 0 Å². The van der Waals surface area contributed by atoms with Crippen molar-refractivity contribution in [2.75, 3.05) is 0 Å². The zero-order chi connectivity index (χ0) is 41.0. The average molecular weight is 810 g/mol. The fraction of sp³-hybridized carbons (Fsp3) is 0. The molecule has 3 aromatic heterocycles. The molecular formula is C57H35N3OS. The molecule has 0 bridgehead atoms. The van der Waals surface area contributed by atoms with Crippen LogP contribution in [0.15, 0.2) is 217 Å². The molecule has 3 heterocycles. The van der Waals surface area contributed by atoms with Gasteiger partial charge in [-0.25, -0.2) is 15.0 Å². The summed E-state index contributed by atoms with van der Waals surface area (Å²) < 4.78 is 8.89. The van der Waals surface area contributed by atoms with Gasteiger partial charge in [0.25, 0.3) is 0 Å². The van der Waals surface area contributed by atoms with Crippen molar-refractivity contribution in [1.29, 1.82) is 0 Å². The SMILES string of the molecule is c1ccc(-c2cccc(-c3nc(-c4ccc(-c5cccc6c5sc5c(-c7ccccc7)cccc56)c(-c5ccccc5)c4)nc(-c4ccc5c(c4)oc4ccccc45)n3)c2)cc1. The Bertz CT molecular complexity index is 3630. The van der Waals surface area contributed by atoms with E-state index in [2.05, 4.69) is 182 Å². The molecule has 12 aromatic rings. The molecule has 12 rings (SSSR count). The maximum Gasteiger partial charge on any atom is 0.164 e. The second-order valence-electron chi connectivity index (χ2n) is 15.5. The highest BCUT2D eigenvalue weighted by Gasteiger charge is 2.20. The van der Waals surface area contributed by atoms with Gasteiger partial charge in [0.1, 0.15) is 11.2 Å². The minimum absolute atomic E-state index is 0.576. The van der Waals surface area contributed by atoms with E-state index in [0.717, 1.165) is 66.4 Å². The van der Waals surface area contributed by atoms with Crippen molar-refractivity contribution in [2.24, 2.45) is 0 Å². The van der Waals surface area contributed by atoms with Gasteiger partial charge in [0.15, 0.2) is 17.5 Å². The van der Waals surface area contributed by atoms with E-state index in [-0.39, 0.29) is 0 Å². The molecule has 0 aliphatic heterocycles. The highest BCUT2D eigenvalue weighted by atomic mass is 32.1. The second kappa shape index (κ2) is 14.9. The van der Waals surface area contributed by atoms with Gasteiger partial charge < -0.3 is 4.42 Å². The third-order valence-corrected chi connectivity index (χ3v) is 13.1. The molecule has 62 heavy (non-hydrogen) atoms. The second-order valence-corrected chi connectivity index (χ2v) is 16.5. The van der Waals surface area contributed by atoms with Gasteiger partial charge in [-0.15, -0.1) is 11.3 Å². The molecule has 4 nitrogen and oxygen atoms in total. The van der Waals surface area contributed by atoms with Gasteiger partial charge in [-0.2, -0.15) is 0 Å². The van der Waals surface area contributed by atoms with Crippen LogP contribution in [-0.4, -0.2) is 15.0 Å². The summed E-state index contributed by atoms with van der Waals surface area (Å²) >= 11 is 1.87. The summed E-state index contributed by atoms with van der Waals surface area (Å²) in [7, 11) is 0. The van der Waals surface area contributed by atoms with E-state index < -0.39 is 0 Å². The predicted octanol–water partition coefficient (Wildman–Crippen LogP) is 15.8. The molecule has 0 saturated heterocycles. The third-order valence-electron chi connectivity index (χ3n) is 11.8. The number of benzene rings is 9. The van der Waals surface area contributed by atoms with Crippen molar-refractivity contribution in [3.05, 3.63) is 212 Å². The highest BCUT2D eigenvalue weighted by Crippen LogP contribution is 2.46. The minimum Gasteiger partial charge on any atom is -0.456 e. The van der Waals surface area contributed by atoms with Gasteiger partial charge in [0.05, 0.1) is 0 Å². The van der Waals surface area contributed by atoms with E-state index in [9.17, 15) is 0 Å². The van der Waals surface area contributed by atoms with Crippen molar-refractivity contribution >= 4 is 53.4 Å². The van der Waals surface area contributed by atoms with Crippen LogP contribution in [0.4, 0.5) is 0 Å². The van der Waals surface area contributed by atoms with Gasteiger partial charge in [-0.1, -0.05) is 182 Å². The molecule has 0 aliphatic rings. The normalized spacial score (nSPS) is 11.5. The highest BCUT2D eigenvalue weighted by molar-refractivity contribution is 7.26. The molecule has 0 saturated carbocycles. The molecule has 290 valence electrons. The van der Waals surface area contributed by atoms with Crippen LogP contribution in [0.25, 0.3) is 121 Å². The van der Waals surface area contributed by atoms with E-state index in [1.54, 1.807) is 0 Å². The molecule has 0 atom stereocenters. The predicted molar refractivity (Wildman–Crippen MR) is 258 cm³/mol. The van der Waals surface area contributed by atoms with E-state index in [0.29, 0.717) is 17.5 Å². The number of fused-ring (bicyclic) bond motifs is 6. The van der Waals surface area contributed by atoms with Crippen LogP contribution >= 0.6 is 11.3 Å². The first-order valence-corrected chi connectivity index (χ1v) is 21.6. The molecule has 0 spiro atoms. The summed E-state index contributed by atoms with van der Waals surface area (Å²) in [6.45, 7) is 0. The Morgan fingerprint density at radius 2 is 0.758 bits per heavy atom. The summed E-state index contributed by atoms with van der Waals surface area (Å²) in [6.07, 6.45) is 0. The Morgan fingerprint density at radius 3 is 1.47 bits per heavy atom. The van der Waals surface area contributed by atoms with Crippen LogP contribution < -0.4 is 0 Å². The van der Waals surface area contributed by atoms with Crippen LogP contribution in [0.3, 0.4) is 0 Å². The fourth-order valence-corrected chi connectivity index (χ4v) is 10.1. The van der Waals surface area contributed by atoms with Crippen molar-refractivity contribution in [2.45, 2.75) is 0 Å². The molecule has 0 radical (unpaired) electrons. The Morgan fingerprint density at radius 1 is 0.274 bits per heavy atom. The van der Waals surface area contributed by atoms with Crippen molar-refractivity contribution in [3.8, 4) is 78.7 Å². The molecule has 5 heteroatoms. The molecule has 0 amide bonds. The third kappa shape index (κ3) is 6.26. The number of thiophene rings is 1. The van der Waals surface area contributed by atoms with Gasteiger partial charge >= 0.3 is 0 Å². The van der Waals surface area contributed by atoms with Gasteiger partial charge in [-0.05, 0) is 69.3 Å². The summed E-state index contributed by atoms with van der Waals surface area (Å²) in [5.74, 6) is 1.77. The summed E-state index contributed by atoms with van der Waals surface area (Å²) in [5, 5.41) is 4.67. The number of aromatic nitrogens is 3. The van der Waals surface area contributed by atoms with Gasteiger partial charge in [-0.3, -0.25) is 0 Å². The molecule has 0 fully saturated rings. The number of hydrogen-bond donors (Lipinski definition) is 0. The van der Waals surface area contributed by atoms with Gasteiger partial charge in [0, 0.05) is 53.2 Å². The summed E-state index contributed by atoms with van der Waals surface area (Å²) in [5.41, 5.74) is 13.6. The quantitative estimate of drug-likeness (QED) is 0.161. The first kappa shape index (κ1) is 35.9. The molecular weight excluding hydrogens is 775 g/mol. The van der Waals surface area contributed by atoms with E-state index >= 15 is 0 Å². The smallest absolute Gasteiger partial charge is 0.164 e. The lowest BCUT2D eigenvalue weighted by atomic mass is 9.91. The summed E-state index contributed by atoms with van der Waals surface area (Å²) in [6, 6.07) is 74.6. The maximum atomic E-state index is 6.34. The van der Waals surface area contributed by atoms with Crippen molar-refractivity contribution in [3.63, 3.8) is 0 Å². The van der Waals surface area contributed by atoms with E-state index in [1.807, 2.05) is 41.7 Å². The standard InChI is InChI=1S/C57H35N3OS/c1-4-15-36(16-5-1)39-21-12-22-40(33-39)55-58-56(60-57(59-55)42-30-32-46-45-23-10-11-28-51(45)61-52(46)35-42)41-29-31-44(50(34-41)38-19-8-3-9-20-38)47-25-14-27-49-48-26-13-24-43(53(48)62-54(47)49)37-17-6-2-7-18-37/h1-35H. The number of rotatable bonds is 7. The lowest BCUT2D eigenvalue weighted by Crippen LogP contribution is -2.01. The first-order valence-electron chi connectivity index (χ1n) is 20.8. The molecule has 9 aromatic carbocycles. The monoisotopic (exact) mass is 809 g/mol. The lowest BCUT2D eigenvalue weighted by molar-refractivity contribution is 0.669. The van der Waals surface area contributed by atoms with Crippen molar-refractivity contribution in [1.82, 2.24) is 15.0 Å². The number of hydrogen-bond acceptors (Lipinski definition) is 5. The maximum absolute atomic E-state index is 6.34. The first-order chi connectivity index (χ1) is 30.7. The molecule has 0 unspecified atom stereocenters. The van der Waals surface area contributed by atoms with Crippen LogP contribution in [0.5, 0.6) is 0 Å².